The molecule has 0 unspecified atom stereocenters. The number of likely N-dealkylation sites (N-methyl/N-ethyl adjacent to an activating group) is 1. The van der Waals surface area contributed by atoms with Gasteiger partial charge in [-0.25, -0.2) is 4.39 Å². The Hall–Kier alpha value is -2.40. The Bertz CT molecular complexity index is 717. The maximum Gasteiger partial charge on any atom is 0.133 e. The Kier molecular flexibility index (Phi) is 6.95. The molecule has 0 bridgehead atoms. The lowest BCUT2D eigenvalue weighted by Gasteiger charge is -2.20. The van der Waals surface area contributed by atoms with Crippen molar-refractivity contribution in [2.24, 2.45) is 4.99 Å². The first-order valence-corrected chi connectivity index (χ1v) is 8.52. The fraction of sp³-hybridized carbons (Fsp3) is 0.350. The number of ether oxygens (including phenoxy) is 1. The van der Waals surface area contributed by atoms with Gasteiger partial charge in [0.25, 0.3) is 0 Å². The van der Waals surface area contributed by atoms with E-state index in [1.807, 2.05) is 33.2 Å². The number of rotatable bonds is 8. The van der Waals surface area contributed by atoms with Crippen molar-refractivity contribution in [3.63, 3.8) is 0 Å². The van der Waals surface area contributed by atoms with Gasteiger partial charge >= 0.3 is 0 Å². The van der Waals surface area contributed by atoms with Crippen LogP contribution in [0.1, 0.15) is 30.5 Å². The van der Waals surface area contributed by atoms with Gasteiger partial charge in [-0.3, -0.25) is 4.99 Å². The number of benzene rings is 2. The molecule has 2 rings (SSSR count). The summed E-state index contributed by atoms with van der Waals surface area (Å²) in [5, 5.41) is 10.1. The molecule has 0 saturated heterocycles. The van der Waals surface area contributed by atoms with Crippen LogP contribution in [-0.4, -0.2) is 38.6 Å². The molecule has 2 aromatic rings. The molecule has 0 aliphatic carbocycles. The third-order valence-electron chi connectivity index (χ3n) is 3.94. The molecule has 2 N–H and O–H groups in total. The topological polar surface area (TPSA) is 46.3 Å². The van der Waals surface area contributed by atoms with Gasteiger partial charge in [-0.15, -0.1) is 0 Å². The van der Waals surface area contributed by atoms with Gasteiger partial charge in [0.15, 0.2) is 0 Å². The van der Waals surface area contributed by atoms with Crippen LogP contribution in [0.25, 0.3) is 0 Å². The highest BCUT2D eigenvalue weighted by Crippen LogP contribution is 2.22. The summed E-state index contributed by atoms with van der Waals surface area (Å²) in [7, 11) is 4.03. The zero-order chi connectivity index (χ0) is 18.2. The minimum absolute atomic E-state index is 0.0428. The molecule has 5 heteroatoms. The first kappa shape index (κ1) is 18.9. The molecule has 1 atom stereocenters. The second-order valence-corrected chi connectivity index (χ2v) is 6.25. The Labute approximate surface area is 148 Å². The van der Waals surface area contributed by atoms with E-state index >= 15 is 0 Å². The van der Waals surface area contributed by atoms with Crippen molar-refractivity contribution in [1.29, 1.82) is 0 Å². The second-order valence-electron chi connectivity index (χ2n) is 6.25. The largest absolute Gasteiger partial charge is 0.507 e. The average Bonchev–Trinajstić information content (AvgIpc) is 2.58. The summed E-state index contributed by atoms with van der Waals surface area (Å²) in [6.07, 6.45) is 2.56. The third-order valence-corrected chi connectivity index (χ3v) is 3.94. The van der Waals surface area contributed by atoms with Crippen molar-refractivity contribution in [3.05, 3.63) is 59.4 Å². The summed E-state index contributed by atoms with van der Waals surface area (Å²) in [4.78, 5) is 5.62. The first-order chi connectivity index (χ1) is 12.0. The minimum atomic E-state index is -0.243. The second kappa shape index (κ2) is 9.18. The van der Waals surface area contributed by atoms with Crippen molar-refractivity contribution in [3.8, 4) is 11.5 Å². The Morgan fingerprint density at radius 3 is 2.68 bits per heavy atom. The number of phenolic OH excluding ortho intramolecular Hbond substituents is 1. The highest BCUT2D eigenvalue weighted by atomic mass is 19.1. The fourth-order valence-electron chi connectivity index (χ4n) is 2.54. The van der Waals surface area contributed by atoms with Crippen LogP contribution in [0.15, 0.2) is 47.5 Å². The van der Waals surface area contributed by atoms with E-state index in [1.165, 1.54) is 6.07 Å². The van der Waals surface area contributed by atoms with E-state index in [0.717, 1.165) is 16.9 Å². The summed E-state index contributed by atoms with van der Waals surface area (Å²) in [5.74, 6) is 0.539. The molecule has 0 heterocycles. The number of phenols is 1. The number of quaternary nitrogens is 1. The van der Waals surface area contributed by atoms with E-state index in [-0.39, 0.29) is 17.6 Å². The van der Waals surface area contributed by atoms with Crippen LogP contribution in [0.2, 0.25) is 0 Å². The normalized spacial score (nSPS) is 12.7. The number of aromatic hydroxyl groups is 1. The third kappa shape index (κ3) is 5.57. The number of aliphatic imine (C=N–C) groups is 1. The molecule has 25 heavy (non-hydrogen) atoms. The van der Waals surface area contributed by atoms with Crippen molar-refractivity contribution in [2.45, 2.75) is 19.4 Å². The fourth-order valence-corrected chi connectivity index (χ4v) is 2.54. The van der Waals surface area contributed by atoms with E-state index in [1.54, 1.807) is 30.5 Å². The number of hydrogen-bond donors (Lipinski definition) is 2. The van der Waals surface area contributed by atoms with Gasteiger partial charge in [-0.1, -0.05) is 19.1 Å². The molecular formula is C20H26FN2O2+. The molecule has 0 amide bonds. The monoisotopic (exact) mass is 345 g/mol. The van der Waals surface area contributed by atoms with Crippen LogP contribution in [0, 0.1) is 5.82 Å². The Morgan fingerprint density at radius 2 is 2.04 bits per heavy atom. The van der Waals surface area contributed by atoms with Crippen LogP contribution in [0.3, 0.4) is 0 Å². The summed E-state index contributed by atoms with van der Waals surface area (Å²) in [6.45, 7) is 3.15. The molecule has 0 saturated carbocycles. The molecule has 0 aliphatic rings. The lowest BCUT2D eigenvalue weighted by molar-refractivity contribution is -0.890. The average molecular weight is 345 g/mol. The highest BCUT2D eigenvalue weighted by molar-refractivity contribution is 5.83. The van der Waals surface area contributed by atoms with E-state index in [4.69, 9.17) is 4.74 Å². The molecule has 134 valence electrons. The number of nitrogens with zero attached hydrogens (tertiary/aromatic N) is 1. The maximum atomic E-state index is 13.5. The van der Waals surface area contributed by atoms with Crippen LogP contribution < -0.4 is 9.64 Å². The highest BCUT2D eigenvalue weighted by Gasteiger charge is 2.17. The number of nitrogens with one attached hydrogen (secondary N) is 1. The quantitative estimate of drug-likeness (QED) is 0.723. The van der Waals surface area contributed by atoms with Gasteiger partial charge in [0.2, 0.25) is 0 Å². The maximum absolute atomic E-state index is 13.5. The number of hydrogen-bond acceptors (Lipinski definition) is 3. The molecular weight excluding hydrogens is 319 g/mol. The van der Waals surface area contributed by atoms with Crippen LogP contribution in [-0.2, 0) is 0 Å². The van der Waals surface area contributed by atoms with Crippen molar-refractivity contribution in [1.82, 2.24) is 0 Å². The van der Waals surface area contributed by atoms with Crippen molar-refractivity contribution in [2.75, 3.05) is 27.2 Å². The Balaban J connectivity index is 2.07. The van der Waals surface area contributed by atoms with Crippen LogP contribution in [0.5, 0.6) is 11.5 Å². The summed E-state index contributed by atoms with van der Waals surface area (Å²) >= 11 is 0. The molecule has 0 aliphatic heterocycles. The minimum Gasteiger partial charge on any atom is -0.507 e. The van der Waals surface area contributed by atoms with E-state index in [0.29, 0.717) is 24.5 Å². The lowest BCUT2D eigenvalue weighted by Crippen LogP contribution is -3.06. The molecule has 4 nitrogen and oxygen atoms in total. The SMILES string of the molecule is CCCOc1ccc(C=NC[C@@H](c2cccc(F)c2)[NH+](C)C)c(O)c1. The van der Waals surface area contributed by atoms with E-state index < -0.39 is 0 Å². The molecule has 0 spiro atoms. The van der Waals surface area contributed by atoms with Crippen LogP contribution >= 0.6 is 0 Å². The summed E-state index contributed by atoms with van der Waals surface area (Å²) in [5.41, 5.74) is 1.54. The smallest absolute Gasteiger partial charge is 0.133 e. The standard InChI is InChI=1S/C20H25FN2O2/c1-4-10-25-18-9-8-16(20(24)12-18)13-22-14-19(23(2)3)15-6-5-7-17(21)11-15/h5-9,11-13,19,24H,4,10,14H2,1-3H3/p+1/t19-/m0/s1. The van der Waals surface area contributed by atoms with Crippen molar-refractivity contribution < 1.29 is 19.1 Å². The predicted octanol–water partition coefficient (Wildman–Crippen LogP) is 2.62. The van der Waals surface area contributed by atoms with Gasteiger partial charge in [-0.05, 0) is 30.7 Å². The van der Waals surface area contributed by atoms with Gasteiger partial charge in [0.1, 0.15) is 23.4 Å². The molecule has 0 aromatic heterocycles. The van der Waals surface area contributed by atoms with Gasteiger partial charge < -0.3 is 14.7 Å². The lowest BCUT2D eigenvalue weighted by atomic mass is 10.1. The first-order valence-electron chi connectivity index (χ1n) is 8.52. The van der Waals surface area contributed by atoms with Gasteiger partial charge in [-0.2, -0.15) is 0 Å². The molecule has 2 aromatic carbocycles. The van der Waals surface area contributed by atoms with E-state index in [2.05, 4.69) is 4.99 Å². The molecule has 0 radical (unpaired) electrons. The van der Waals surface area contributed by atoms with Gasteiger partial charge in [0, 0.05) is 23.4 Å². The molecule has 0 fully saturated rings. The zero-order valence-electron chi connectivity index (χ0n) is 15.0. The summed E-state index contributed by atoms with van der Waals surface area (Å²) in [6, 6.07) is 11.8. The predicted molar refractivity (Wildman–Crippen MR) is 98.3 cm³/mol. The Morgan fingerprint density at radius 1 is 1.24 bits per heavy atom. The summed E-state index contributed by atoms with van der Waals surface area (Å²) < 4.78 is 19.0. The van der Waals surface area contributed by atoms with Gasteiger partial charge in [0.05, 0.1) is 27.2 Å². The number of halogens is 1. The van der Waals surface area contributed by atoms with Crippen molar-refractivity contribution >= 4 is 6.21 Å². The van der Waals surface area contributed by atoms with E-state index in [9.17, 15) is 9.50 Å². The van der Waals surface area contributed by atoms with Crippen LogP contribution in [0.4, 0.5) is 4.39 Å². The zero-order valence-corrected chi connectivity index (χ0v) is 15.0.